The zero-order valence-corrected chi connectivity index (χ0v) is 9.67. The van der Waals surface area contributed by atoms with Gasteiger partial charge in [-0.1, -0.05) is 19.9 Å². The molecule has 0 N–H and O–H groups in total. The molecule has 0 atom stereocenters. The SMILES string of the molecule is CCS(=O)(CC)=Nc1ncccc1C. The van der Waals surface area contributed by atoms with Crippen molar-refractivity contribution in [1.82, 2.24) is 4.98 Å². The van der Waals surface area contributed by atoms with E-state index in [1.807, 2.05) is 32.9 Å². The standard InChI is InChI=1S/C10H16N2OS/c1-4-14(13,5-2)12-10-9(3)7-6-8-11-10/h6-8H,4-5H2,1-3H3. The summed E-state index contributed by atoms with van der Waals surface area (Å²) in [5.74, 6) is 1.78. The highest BCUT2D eigenvalue weighted by Crippen LogP contribution is 2.16. The second-order valence-electron chi connectivity index (χ2n) is 3.09. The van der Waals surface area contributed by atoms with Crippen molar-refractivity contribution < 1.29 is 4.21 Å². The minimum Gasteiger partial charge on any atom is -0.249 e. The number of rotatable bonds is 3. The van der Waals surface area contributed by atoms with Crippen molar-refractivity contribution in [1.29, 1.82) is 0 Å². The first-order valence-corrected chi connectivity index (χ1v) is 6.60. The van der Waals surface area contributed by atoms with E-state index in [1.165, 1.54) is 0 Å². The van der Waals surface area contributed by atoms with Crippen molar-refractivity contribution in [2.24, 2.45) is 4.36 Å². The number of aromatic nitrogens is 1. The largest absolute Gasteiger partial charge is 0.249 e. The fourth-order valence-electron chi connectivity index (χ4n) is 1.06. The number of pyridine rings is 1. The molecule has 0 saturated carbocycles. The summed E-state index contributed by atoms with van der Waals surface area (Å²) in [6.45, 7) is 5.72. The molecule has 0 amide bonds. The van der Waals surface area contributed by atoms with E-state index in [0.29, 0.717) is 17.3 Å². The van der Waals surface area contributed by atoms with E-state index >= 15 is 0 Å². The molecule has 78 valence electrons. The van der Waals surface area contributed by atoms with Gasteiger partial charge in [0.1, 0.15) is 0 Å². The Bertz CT molecular complexity index is 410. The number of aryl methyl sites for hydroxylation is 1. The Kier molecular flexibility index (Phi) is 3.63. The quantitative estimate of drug-likeness (QED) is 0.772. The third-order valence-electron chi connectivity index (χ3n) is 2.14. The molecule has 1 aromatic rings. The van der Waals surface area contributed by atoms with Gasteiger partial charge in [0.25, 0.3) is 0 Å². The molecule has 3 nitrogen and oxygen atoms in total. The number of nitrogens with zero attached hydrogens (tertiary/aromatic N) is 2. The lowest BCUT2D eigenvalue weighted by Crippen LogP contribution is -2.05. The Morgan fingerprint density at radius 2 is 2.07 bits per heavy atom. The lowest BCUT2D eigenvalue weighted by Gasteiger charge is -2.04. The Labute approximate surface area is 85.8 Å². The summed E-state index contributed by atoms with van der Waals surface area (Å²) in [7, 11) is -2.08. The third kappa shape index (κ3) is 2.54. The normalized spacial score (nSPS) is 11.4. The summed E-state index contributed by atoms with van der Waals surface area (Å²) < 4.78 is 16.3. The molecule has 0 bridgehead atoms. The van der Waals surface area contributed by atoms with Gasteiger partial charge in [-0.15, -0.1) is 0 Å². The van der Waals surface area contributed by atoms with Crippen LogP contribution in [-0.2, 0) is 9.73 Å². The van der Waals surface area contributed by atoms with Crippen LogP contribution in [0.2, 0.25) is 0 Å². The molecule has 0 spiro atoms. The highest BCUT2D eigenvalue weighted by atomic mass is 32.2. The Hall–Kier alpha value is -0.900. The van der Waals surface area contributed by atoms with Crippen LogP contribution >= 0.6 is 0 Å². The van der Waals surface area contributed by atoms with Crippen LogP contribution in [0.5, 0.6) is 0 Å². The van der Waals surface area contributed by atoms with E-state index in [1.54, 1.807) is 6.20 Å². The van der Waals surface area contributed by atoms with Crippen molar-refractivity contribution in [2.45, 2.75) is 20.8 Å². The van der Waals surface area contributed by atoms with Crippen molar-refractivity contribution in [3.05, 3.63) is 23.9 Å². The lowest BCUT2D eigenvalue weighted by molar-refractivity contribution is 0.678. The Balaban J connectivity index is 3.21. The van der Waals surface area contributed by atoms with Crippen molar-refractivity contribution in [3.63, 3.8) is 0 Å². The van der Waals surface area contributed by atoms with Crippen LogP contribution < -0.4 is 0 Å². The molecule has 0 saturated heterocycles. The second kappa shape index (κ2) is 4.55. The average Bonchev–Trinajstić information content (AvgIpc) is 2.21. The molecule has 1 aromatic heterocycles. The summed E-state index contributed by atoms with van der Waals surface area (Å²) in [5.41, 5.74) is 0.974. The molecule has 1 rings (SSSR count). The lowest BCUT2D eigenvalue weighted by atomic mass is 10.3. The van der Waals surface area contributed by atoms with Gasteiger partial charge >= 0.3 is 0 Å². The minimum absolute atomic E-state index is 0.583. The fourth-order valence-corrected chi connectivity index (χ4v) is 2.24. The van der Waals surface area contributed by atoms with Gasteiger partial charge in [-0.25, -0.2) is 9.19 Å². The van der Waals surface area contributed by atoms with E-state index < -0.39 is 9.73 Å². The molecule has 4 heteroatoms. The molecule has 14 heavy (non-hydrogen) atoms. The van der Waals surface area contributed by atoms with Gasteiger partial charge in [0.05, 0.1) is 9.73 Å². The summed E-state index contributed by atoms with van der Waals surface area (Å²) in [4.78, 5) is 4.11. The maximum atomic E-state index is 12.0. The van der Waals surface area contributed by atoms with Crippen LogP contribution in [0.3, 0.4) is 0 Å². The van der Waals surface area contributed by atoms with Crippen molar-refractivity contribution in [2.75, 3.05) is 11.5 Å². The first-order valence-electron chi connectivity index (χ1n) is 4.75. The van der Waals surface area contributed by atoms with Gasteiger partial charge in [0, 0.05) is 17.7 Å². The van der Waals surface area contributed by atoms with Gasteiger partial charge in [0.15, 0.2) is 5.82 Å². The van der Waals surface area contributed by atoms with Crippen LogP contribution in [0.1, 0.15) is 19.4 Å². The molecule has 0 radical (unpaired) electrons. The summed E-state index contributed by atoms with van der Waals surface area (Å²) >= 11 is 0. The van der Waals surface area contributed by atoms with E-state index in [0.717, 1.165) is 5.56 Å². The van der Waals surface area contributed by atoms with Crippen LogP contribution in [-0.4, -0.2) is 20.7 Å². The third-order valence-corrected chi connectivity index (χ3v) is 4.45. The predicted molar refractivity (Wildman–Crippen MR) is 60.3 cm³/mol. The molecular weight excluding hydrogens is 196 g/mol. The molecule has 0 aliphatic rings. The van der Waals surface area contributed by atoms with E-state index in [9.17, 15) is 4.21 Å². The van der Waals surface area contributed by atoms with E-state index in [2.05, 4.69) is 9.35 Å². The monoisotopic (exact) mass is 212 g/mol. The highest BCUT2D eigenvalue weighted by molar-refractivity contribution is 7.93. The summed E-state index contributed by atoms with van der Waals surface area (Å²) in [6.07, 6.45) is 1.68. The molecule has 0 aliphatic heterocycles. The molecule has 0 fully saturated rings. The fraction of sp³-hybridized carbons (Fsp3) is 0.500. The van der Waals surface area contributed by atoms with Gasteiger partial charge in [-0.05, 0) is 18.6 Å². The predicted octanol–water partition coefficient (Wildman–Crippen LogP) is 2.53. The van der Waals surface area contributed by atoms with Crippen molar-refractivity contribution >= 4 is 15.5 Å². The summed E-state index contributed by atoms with van der Waals surface area (Å²) in [5, 5.41) is 0. The van der Waals surface area contributed by atoms with Crippen LogP contribution in [0.15, 0.2) is 22.7 Å². The smallest absolute Gasteiger partial charge is 0.164 e. The molecule has 0 unspecified atom stereocenters. The molecule has 0 aromatic carbocycles. The van der Waals surface area contributed by atoms with Gasteiger partial charge in [-0.2, -0.15) is 4.36 Å². The second-order valence-corrected chi connectivity index (χ2v) is 5.97. The minimum atomic E-state index is -2.08. The molecular formula is C10H16N2OS. The zero-order chi connectivity index (χ0) is 10.6. The topological polar surface area (TPSA) is 42.3 Å². The zero-order valence-electron chi connectivity index (χ0n) is 8.86. The Morgan fingerprint density at radius 1 is 1.43 bits per heavy atom. The van der Waals surface area contributed by atoms with Crippen LogP contribution in [0, 0.1) is 6.92 Å². The van der Waals surface area contributed by atoms with Gasteiger partial charge in [-0.3, -0.25) is 0 Å². The van der Waals surface area contributed by atoms with E-state index in [4.69, 9.17) is 0 Å². The molecule has 1 heterocycles. The maximum absolute atomic E-state index is 12.0. The van der Waals surface area contributed by atoms with Gasteiger partial charge < -0.3 is 0 Å². The van der Waals surface area contributed by atoms with Gasteiger partial charge in [0.2, 0.25) is 0 Å². The average molecular weight is 212 g/mol. The van der Waals surface area contributed by atoms with Crippen LogP contribution in [0.4, 0.5) is 5.82 Å². The van der Waals surface area contributed by atoms with E-state index in [-0.39, 0.29) is 0 Å². The highest BCUT2D eigenvalue weighted by Gasteiger charge is 2.04. The number of hydrogen-bond acceptors (Lipinski definition) is 3. The molecule has 0 aliphatic carbocycles. The Morgan fingerprint density at radius 3 is 2.57 bits per heavy atom. The van der Waals surface area contributed by atoms with Crippen molar-refractivity contribution in [3.8, 4) is 0 Å². The first-order chi connectivity index (χ1) is 6.61. The van der Waals surface area contributed by atoms with Crippen LogP contribution in [0.25, 0.3) is 0 Å². The maximum Gasteiger partial charge on any atom is 0.164 e. The first kappa shape index (κ1) is 11.2. The summed E-state index contributed by atoms with van der Waals surface area (Å²) in [6, 6.07) is 3.78. The number of hydrogen-bond donors (Lipinski definition) is 0.